The van der Waals surface area contributed by atoms with Gasteiger partial charge < -0.3 is 14.3 Å². The van der Waals surface area contributed by atoms with Gasteiger partial charge in [-0.05, 0) is 52.7 Å². The van der Waals surface area contributed by atoms with Gasteiger partial charge in [0.25, 0.3) is 0 Å². The first-order valence-electron chi connectivity index (χ1n) is 16.2. The minimum atomic E-state index is -0.323. The number of hydrogen-bond donors (Lipinski definition) is 1. The summed E-state index contributed by atoms with van der Waals surface area (Å²) < 4.78 is 9.27. The Hall–Kier alpha value is -6.46. The van der Waals surface area contributed by atoms with Crippen molar-refractivity contribution in [2.75, 3.05) is 0 Å². The summed E-state index contributed by atoms with van der Waals surface area (Å²) >= 11 is 0. The van der Waals surface area contributed by atoms with E-state index < -0.39 is 0 Å². The van der Waals surface area contributed by atoms with Crippen molar-refractivity contribution >= 4 is 66.2 Å². The van der Waals surface area contributed by atoms with Crippen LogP contribution in [0.25, 0.3) is 60.2 Å². The summed E-state index contributed by atoms with van der Waals surface area (Å²) in [6.45, 7) is 0. The Labute approximate surface area is 276 Å². The number of nitrogens with one attached hydrogen (secondary N) is 1. The molecular formula is C43H28N4O. The Balaban J connectivity index is 1.33. The van der Waals surface area contributed by atoms with Crippen LogP contribution in [-0.2, 0) is 0 Å². The Morgan fingerprint density at radius 2 is 1.19 bits per heavy atom. The highest BCUT2D eigenvalue weighted by atomic mass is 16.3. The molecule has 0 bridgehead atoms. The molecule has 0 radical (unpaired) electrons. The molecule has 5 heteroatoms. The molecule has 1 aliphatic rings. The van der Waals surface area contributed by atoms with Gasteiger partial charge in [0.2, 0.25) is 0 Å². The van der Waals surface area contributed by atoms with E-state index in [2.05, 4.69) is 131 Å². The third-order valence-corrected chi connectivity index (χ3v) is 9.43. The second-order valence-corrected chi connectivity index (χ2v) is 12.2. The smallest absolute Gasteiger partial charge is 0.161 e. The minimum Gasteiger partial charge on any atom is -0.454 e. The molecule has 0 fully saturated rings. The maximum atomic E-state index is 6.93. The number of rotatable bonds is 4. The van der Waals surface area contributed by atoms with Crippen LogP contribution in [-0.4, -0.2) is 16.2 Å². The van der Waals surface area contributed by atoms with Crippen molar-refractivity contribution < 1.29 is 4.42 Å². The van der Waals surface area contributed by atoms with Gasteiger partial charge in [0.05, 0.1) is 11.0 Å². The van der Waals surface area contributed by atoms with E-state index in [-0.39, 0.29) is 6.17 Å². The summed E-state index contributed by atoms with van der Waals surface area (Å²) in [5.74, 6) is 1.42. The molecular weight excluding hydrogens is 589 g/mol. The van der Waals surface area contributed by atoms with Crippen molar-refractivity contribution in [1.82, 2.24) is 9.88 Å². The number of aromatic nitrogens is 1. The van der Waals surface area contributed by atoms with Crippen molar-refractivity contribution in [1.29, 1.82) is 0 Å². The molecule has 0 saturated heterocycles. The molecule has 2 aromatic heterocycles. The fraction of sp³-hybridized carbons (Fsp3) is 0.0233. The molecule has 0 saturated carbocycles. The van der Waals surface area contributed by atoms with Crippen LogP contribution in [0.1, 0.15) is 22.9 Å². The van der Waals surface area contributed by atoms with Crippen LogP contribution in [0.4, 0.5) is 0 Å². The van der Waals surface area contributed by atoms with Crippen LogP contribution in [0.2, 0.25) is 0 Å². The molecule has 1 atom stereocenters. The maximum Gasteiger partial charge on any atom is 0.161 e. The van der Waals surface area contributed by atoms with Gasteiger partial charge in [-0.3, -0.25) is 0 Å². The number of para-hydroxylation sites is 2. The lowest BCUT2D eigenvalue weighted by Gasteiger charge is -2.24. The average Bonchev–Trinajstić information content (AvgIpc) is 3.69. The number of fused-ring (bicyclic) bond motifs is 7. The Morgan fingerprint density at radius 1 is 0.562 bits per heavy atom. The highest BCUT2D eigenvalue weighted by Gasteiger charge is 2.27. The summed E-state index contributed by atoms with van der Waals surface area (Å²) in [5, 5.41) is 10.4. The monoisotopic (exact) mass is 616 g/mol. The normalized spacial score (nSPS) is 14.9. The molecule has 1 N–H and O–H groups in total. The van der Waals surface area contributed by atoms with E-state index in [1.165, 1.54) is 16.2 Å². The topological polar surface area (TPSA) is 54.8 Å². The fourth-order valence-electron chi connectivity index (χ4n) is 7.19. The molecule has 0 amide bonds. The van der Waals surface area contributed by atoms with E-state index in [9.17, 15) is 0 Å². The van der Waals surface area contributed by atoms with Gasteiger partial charge in [-0.25, -0.2) is 9.98 Å². The Bertz CT molecular complexity index is 2700. The number of benzene rings is 7. The summed E-state index contributed by atoms with van der Waals surface area (Å²) in [4.78, 5) is 10.5. The first kappa shape index (κ1) is 26.7. The lowest BCUT2D eigenvalue weighted by atomic mass is 10.0. The molecule has 226 valence electrons. The van der Waals surface area contributed by atoms with E-state index in [1.54, 1.807) is 0 Å². The molecule has 3 heterocycles. The van der Waals surface area contributed by atoms with Crippen molar-refractivity contribution in [2.24, 2.45) is 9.98 Å². The molecule has 0 aliphatic carbocycles. The second-order valence-electron chi connectivity index (χ2n) is 12.2. The van der Waals surface area contributed by atoms with E-state index in [0.717, 1.165) is 66.6 Å². The van der Waals surface area contributed by atoms with Crippen LogP contribution >= 0.6 is 0 Å². The second kappa shape index (κ2) is 10.5. The maximum absolute atomic E-state index is 6.93. The van der Waals surface area contributed by atoms with Gasteiger partial charge in [0.15, 0.2) is 11.4 Å². The number of furan rings is 1. The lowest BCUT2D eigenvalue weighted by Crippen LogP contribution is -2.33. The molecule has 1 unspecified atom stereocenters. The lowest BCUT2D eigenvalue weighted by molar-refractivity contribution is 0.665. The van der Waals surface area contributed by atoms with Gasteiger partial charge in [-0.15, -0.1) is 0 Å². The molecule has 9 aromatic rings. The van der Waals surface area contributed by atoms with Crippen molar-refractivity contribution in [3.8, 4) is 5.69 Å². The van der Waals surface area contributed by atoms with E-state index >= 15 is 0 Å². The van der Waals surface area contributed by atoms with E-state index in [1.807, 2.05) is 36.4 Å². The molecule has 0 spiro atoms. The van der Waals surface area contributed by atoms with Crippen molar-refractivity contribution in [3.05, 3.63) is 174 Å². The number of amidine groups is 2. The third-order valence-electron chi connectivity index (χ3n) is 9.43. The first-order valence-corrected chi connectivity index (χ1v) is 16.2. The highest BCUT2D eigenvalue weighted by molar-refractivity contribution is 6.20. The van der Waals surface area contributed by atoms with Gasteiger partial charge in [0, 0.05) is 32.7 Å². The minimum absolute atomic E-state index is 0.323. The summed E-state index contributed by atoms with van der Waals surface area (Å²) in [7, 11) is 0. The predicted octanol–water partition coefficient (Wildman–Crippen LogP) is 10.3. The van der Waals surface area contributed by atoms with Crippen molar-refractivity contribution in [2.45, 2.75) is 6.17 Å². The quantitative estimate of drug-likeness (QED) is 0.214. The molecule has 10 rings (SSSR count). The van der Waals surface area contributed by atoms with Crippen LogP contribution in [0, 0.1) is 0 Å². The Morgan fingerprint density at radius 3 is 1.92 bits per heavy atom. The van der Waals surface area contributed by atoms with Crippen molar-refractivity contribution in [3.63, 3.8) is 0 Å². The van der Waals surface area contributed by atoms with Gasteiger partial charge in [-0.2, -0.15) is 0 Å². The zero-order chi connectivity index (χ0) is 31.6. The first-order chi connectivity index (χ1) is 23.8. The molecule has 5 nitrogen and oxygen atoms in total. The number of hydrogen-bond acceptors (Lipinski definition) is 4. The fourth-order valence-corrected chi connectivity index (χ4v) is 7.19. The standard InChI is InChI=1S/C43H28N4O/c1-3-13-27(14-4-1)41-44-42(28-15-5-2-6-16-28)46-43(45-41)34-24-23-33-35-25-29-17-7-8-18-30(29)26-38(35)48-40(33)39(34)47-36-21-11-9-19-31(36)32-20-10-12-22-37(32)47/h1-26,41H,(H,44,45,46). The largest absolute Gasteiger partial charge is 0.454 e. The number of aliphatic imine (C=N–C) groups is 2. The number of nitrogens with zero attached hydrogens (tertiary/aromatic N) is 3. The molecule has 1 aliphatic heterocycles. The van der Waals surface area contributed by atoms with Crippen LogP contribution < -0.4 is 5.32 Å². The van der Waals surface area contributed by atoms with Crippen LogP contribution in [0.15, 0.2) is 172 Å². The average molecular weight is 617 g/mol. The van der Waals surface area contributed by atoms with Gasteiger partial charge in [0.1, 0.15) is 23.3 Å². The highest BCUT2D eigenvalue weighted by Crippen LogP contribution is 2.41. The van der Waals surface area contributed by atoms with Crippen LogP contribution in [0.3, 0.4) is 0 Å². The van der Waals surface area contributed by atoms with Gasteiger partial charge >= 0.3 is 0 Å². The predicted molar refractivity (Wildman–Crippen MR) is 197 cm³/mol. The van der Waals surface area contributed by atoms with E-state index in [4.69, 9.17) is 14.4 Å². The summed E-state index contributed by atoms with van der Waals surface area (Å²) in [6.07, 6.45) is -0.323. The van der Waals surface area contributed by atoms with Crippen LogP contribution in [0.5, 0.6) is 0 Å². The Kier molecular flexibility index (Phi) is 5.87. The molecule has 7 aromatic carbocycles. The zero-order valence-electron chi connectivity index (χ0n) is 25.8. The van der Waals surface area contributed by atoms with Gasteiger partial charge in [-0.1, -0.05) is 121 Å². The summed E-state index contributed by atoms with van der Waals surface area (Å²) in [5.41, 5.74) is 7.74. The third kappa shape index (κ3) is 4.11. The SMILES string of the molecule is c1ccc(C2=NC(c3ccc4c(oc5cc6ccccc6cc54)c3-n3c4ccccc4c4ccccc43)=NC(c3ccccc3)N2)cc1. The summed E-state index contributed by atoms with van der Waals surface area (Å²) in [6, 6.07) is 54.9. The van der Waals surface area contributed by atoms with E-state index in [0.29, 0.717) is 5.84 Å². The molecule has 48 heavy (non-hydrogen) atoms. The zero-order valence-corrected chi connectivity index (χ0v) is 25.8.